The van der Waals surface area contributed by atoms with Crippen LogP contribution in [0.25, 0.3) is 5.69 Å². The average Bonchev–Trinajstić information content (AvgIpc) is 3.11. The summed E-state index contributed by atoms with van der Waals surface area (Å²) in [4.78, 5) is 14.0. The predicted octanol–water partition coefficient (Wildman–Crippen LogP) is 1.94. The van der Waals surface area contributed by atoms with E-state index < -0.39 is 0 Å². The lowest BCUT2D eigenvalue weighted by molar-refractivity contribution is 0.0782. The third-order valence-electron chi connectivity index (χ3n) is 3.52. The molecule has 0 saturated heterocycles. The van der Waals surface area contributed by atoms with E-state index in [0.29, 0.717) is 17.3 Å². The summed E-state index contributed by atoms with van der Waals surface area (Å²) in [6.45, 7) is 0.823. The van der Waals surface area contributed by atoms with Crippen molar-refractivity contribution in [1.82, 2.24) is 14.7 Å². The second-order valence-corrected chi connectivity index (χ2v) is 5.37. The van der Waals surface area contributed by atoms with Gasteiger partial charge in [0.25, 0.3) is 5.91 Å². The summed E-state index contributed by atoms with van der Waals surface area (Å²) in [5.41, 5.74) is 7.76. The number of nitrogens with zero attached hydrogens (tertiary/aromatic N) is 3. The minimum absolute atomic E-state index is 0.0282. The van der Waals surface area contributed by atoms with Crippen molar-refractivity contribution < 1.29 is 4.79 Å². The molecule has 0 bridgehead atoms. The van der Waals surface area contributed by atoms with Crippen LogP contribution in [0.1, 0.15) is 23.3 Å². The van der Waals surface area contributed by atoms with Gasteiger partial charge in [-0.25, -0.2) is 4.68 Å². The second kappa shape index (κ2) is 5.00. The number of amides is 1. The standard InChI is InChI=1S/C15H18N4O/c1-18(10-11-5-6-11)15(20)14-7-8-19(17-14)13-4-2-3-12(16)9-13/h2-4,7-9,11H,5-6,10,16H2,1H3. The van der Waals surface area contributed by atoms with Crippen molar-refractivity contribution in [3.05, 3.63) is 42.2 Å². The fourth-order valence-electron chi connectivity index (χ4n) is 2.22. The third kappa shape index (κ3) is 2.66. The summed E-state index contributed by atoms with van der Waals surface area (Å²) in [6, 6.07) is 9.17. The van der Waals surface area contributed by atoms with Gasteiger partial charge in [-0.2, -0.15) is 5.10 Å². The van der Waals surface area contributed by atoms with E-state index in [1.807, 2.05) is 31.3 Å². The highest BCUT2D eigenvalue weighted by Crippen LogP contribution is 2.29. The molecule has 0 spiro atoms. The fourth-order valence-corrected chi connectivity index (χ4v) is 2.22. The molecule has 0 radical (unpaired) electrons. The predicted molar refractivity (Wildman–Crippen MR) is 77.7 cm³/mol. The van der Waals surface area contributed by atoms with Gasteiger partial charge in [-0.3, -0.25) is 4.79 Å². The van der Waals surface area contributed by atoms with E-state index in [-0.39, 0.29) is 5.91 Å². The highest BCUT2D eigenvalue weighted by molar-refractivity contribution is 5.92. The molecule has 1 aliphatic carbocycles. The number of benzene rings is 1. The van der Waals surface area contributed by atoms with E-state index in [1.165, 1.54) is 12.8 Å². The van der Waals surface area contributed by atoms with Gasteiger partial charge in [0.15, 0.2) is 5.69 Å². The van der Waals surface area contributed by atoms with E-state index in [0.717, 1.165) is 12.2 Å². The number of carbonyl (C=O) groups excluding carboxylic acids is 1. The van der Waals surface area contributed by atoms with Crippen LogP contribution in [0, 0.1) is 5.92 Å². The van der Waals surface area contributed by atoms with Gasteiger partial charge in [0.05, 0.1) is 5.69 Å². The largest absolute Gasteiger partial charge is 0.399 e. The van der Waals surface area contributed by atoms with Crippen LogP contribution in [0.5, 0.6) is 0 Å². The fraction of sp³-hybridized carbons (Fsp3) is 0.333. The lowest BCUT2D eigenvalue weighted by atomic mass is 10.3. The zero-order valence-corrected chi connectivity index (χ0v) is 11.5. The Morgan fingerprint density at radius 1 is 1.45 bits per heavy atom. The molecule has 1 aromatic carbocycles. The molecule has 0 atom stereocenters. The Morgan fingerprint density at radius 2 is 2.25 bits per heavy atom. The second-order valence-electron chi connectivity index (χ2n) is 5.37. The smallest absolute Gasteiger partial charge is 0.274 e. The van der Waals surface area contributed by atoms with E-state index in [9.17, 15) is 4.79 Å². The Balaban J connectivity index is 1.77. The molecule has 1 fully saturated rings. The number of anilines is 1. The summed E-state index contributed by atoms with van der Waals surface area (Å²) < 4.78 is 1.68. The first-order valence-electron chi connectivity index (χ1n) is 6.80. The summed E-state index contributed by atoms with van der Waals surface area (Å²) in [6.07, 6.45) is 4.25. The van der Waals surface area contributed by atoms with E-state index in [4.69, 9.17) is 5.73 Å². The molecule has 1 heterocycles. The zero-order chi connectivity index (χ0) is 14.1. The first-order chi connectivity index (χ1) is 9.63. The number of aromatic nitrogens is 2. The number of nitrogen functional groups attached to an aromatic ring is 1. The van der Waals surface area contributed by atoms with Gasteiger partial charge in [-0.1, -0.05) is 6.07 Å². The molecule has 5 heteroatoms. The van der Waals surface area contributed by atoms with Crippen LogP contribution in [0.15, 0.2) is 36.5 Å². The Labute approximate surface area is 118 Å². The van der Waals surface area contributed by atoms with Crippen LogP contribution in [0.4, 0.5) is 5.69 Å². The first kappa shape index (κ1) is 12.7. The molecule has 1 saturated carbocycles. The molecule has 0 unspecified atom stereocenters. The summed E-state index contributed by atoms with van der Waals surface area (Å²) in [5.74, 6) is 0.652. The lowest BCUT2D eigenvalue weighted by Gasteiger charge is -2.14. The molecule has 104 valence electrons. The minimum Gasteiger partial charge on any atom is -0.399 e. The monoisotopic (exact) mass is 270 g/mol. The van der Waals surface area contributed by atoms with Crippen molar-refractivity contribution in [2.24, 2.45) is 5.92 Å². The number of nitrogens with two attached hydrogens (primary N) is 1. The van der Waals surface area contributed by atoms with Gasteiger partial charge >= 0.3 is 0 Å². The SMILES string of the molecule is CN(CC1CC1)C(=O)c1ccn(-c2cccc(N)c2)n1. The molecule has 5 nitrogen and oxygen atoms in total. The Morgan fingerprint density at radius 3 is 2.95 bits per heavy atom. The molecule has 3 rings (SSSR count). The van der Waals surface area contributed by atoms with Gasteiger partial charge in [-0.15, -0.1) is 0 Å². The van der Waals surface area contributed by atoms with E-state index >= 15 is 0 Å². The van der Waals surface area contributed by atoms with Crippen LogP contribution in [0.2, 0.25) is 0 Å². The number of carbonyl (C=O) groups is 1. The topological polar surface area (TPSA) is 64.2 Å². The molecule has 1 amide bonds. The van der Waals surface area contributed by atoms with Crippen LogP contribution in [0.3, 0.4) is 0 Å². The van der Waals surface area contributed by atoms with Gasteiger partial charge in [0.1, 0.15) is 0 Å². The van der Waals surface area contributed by atoms with Crippen LogP contribution in [-0.4, -0.2) is 34.2 Å². The maximum absolute atomic E-state index is 12.2. The molecule has 0 aliphatic heterocycles. The maximum Gasteiger partial charge on any atom is 0.274 e. The number of hydrogen-bond acceptors (Lipinski definition) is 3. The summed E-state index contributed by atoms with van der Waals surface area (Å²) in [7, 11) is 1.83. The highest BCUT2D eigenvalue weighted by atomic mass is 16.2. The van der Waals surface area contributed by atoms with E-state index in [2.05, 4.69) is 5.10 Å². The molecule has 2 aromatic rings. The third-order valence-corrected chi connectivity index (χ3v) is 3.52. The minimum atomic E-state index is -0.0282. The molecular formula is C15H18N4O. The van der Waals surface area contributed by atoms with Crippen molar-refractivity contribution in [2.45, 2.75) is 12.8 Å². The van der Waals surface area contributed by atoms with Crippen molar-refractivity contribution in [3.63, 3.8) is 0 Å². The average molecular weight is 270 g/mol. The van der Waals surface area contributed by atoms with Crippen LogP contribution >= 0.6 is 0 Å². The quantitative estimate of drug-likeness (QED) is 0.863. The summed E-state index contributed by atoms with van der Waals surface area (Å²) >= 11 is 0. The Kier molecular flexibility index (Phi) is 3.18. The zero-order valence-electron chi connectivity index (χ0n) is 11.5. The van der Waals surface area contributed by atoms with Gasteiger partial charge in [0, 0.05) is 25.5 Å². The number of rotatable bonds is 4. The van der Waals surface area contributed by atoms with Gasteiger partial charge in [-0.05, 0) is 43.0 Å². The maximum atomic E-state index is 12.2. The normalized spacial score (nSPS) is 14.2. The van der Waals surface area contributed by atoms with Gasteiger partial charge < -0.3 is 10.6 Å². The molecule has 1 aliphatic rings. The van der Waals surface area contributed by atoms with Crippen LogP contribution < -0.4 is 5.73 Å². The Bertz CT molecular complexity index is 630. The number of hydrogen-bond donors (Lipinski definition) is 1. The molecule has 2 N–H and O–H groups in total. The molecular weight excluding hydrogens is 252 g/mol. The van der Waals surface area contributed by atoms with Crippen molar-refractivity contribution in [1.29, 1.82) is 0 Å². The van der Waals surface area contributed by atoms with Gasteiger partial charge in [0.2, 0.25) is 0 Å². The summed E-state index contributed by atoms with van der Waals surface area (Å²) in [5, 5.41) is 4.34. The molecule has 20 heavy (non-hydrogen) atoms. The van der Waals surface area contributed by atoms with E-state index in [1.54, 1.807) is 21.8 Å². The van der Waals surface area contributed by atoms with Crippen molar-refractivity contribution in [3.8, 4) is 5.69 Å². The first-order valence-corrected chi connectivity index (χ1v) is 6.80. The lowest BCUT2D eigenvalue weighted by Crippen LogP contribution is -2.29. The van der Waals surface area contributed by atoms with Crippen LogP contribution in [-0.2, 0) is 0 Å². The highest BCUT2D eigenvalue weighted by Gasteiger charge is 2.26. The molecule has 1 aromatic heterocycles. The Hall–Kier alpha value is -2.30. The van der Waals surface area contributed by atoms with Crippen molar-refractivity contribution in [2.75, 3.05) is 19.3 Å². The van der Waals surface area contributed by atoms with Crippen molar-refractivity contribution >= 4 is 11.6 Å².